The predicted molar refractivity (Wildman–Crippen MR) is 111 cm³/mol. The van der Waals surface area contributed by atoms with Crippen LogP contribution in [-0.4, -0.2) is 36.8 Å². The van der Waals surface area contributed by atoms with Crippen molar-refractivity contribution < 1.29 is 61.6 Å². The smallest absolute Gasteiger partial charge is 0.747 e. The first-order valence-electron chi connectivity index (χ1n) is 10.8. The summed E-state index contributed by atoms with van der Waals surface area (Å²) in [6.07, 6.45) is 15.0. The van der Waals surface area contributed by atoms with Gasteiger partial charge < -0.3 is 14.0 Å². The molecule has 0 aliphatic heterocycles. The van der Waals surface area contributed by atoms with Gasteiger partial charge in [0.05, 0.1) is 19.3 Å². The largest absolute Gasteiger partial charge is 1.00 e. The number of hydrogen-bond donors (Lipinski definition) is 0. The van der Waals surface area contributed by atoms with Crippen molar-refractivity contribution in [2.75, 3.05) is 6.61 Å². The molecular weight excluding hydrogens is 419 g/mol. The van der Waals surface area contributed by atoms with Gasteiger partial charge in [0.2, 0.25) is 0 Å². The number of esters is 2. The molecule has 0 amide bonds. The van der Waals surface area contributed by atoms with Crippen LogP contribution in [0.2, 0.25) is 0 Å². The Morgan fingerprint density at radius 2 is 1.40 bits per heavy atom. The SMILES string of the molecule is CC/C=C/OC(=O)C(CC(=O)OCCCCCCCCCCCCC)S(=O)(=O)[O-].[Na+]. The Balaban J connectivity index is 0. The van der Waals surface area contributed by atoms with E-state index in [0.717, 1.165) is 25.5 Å². The van der Waals surface area contributed by atoms with E-state index in [2.05, 4.69) is 11.7 Å². The minimum absolute atomic E-state index is 0. The van der Waals surface area contributed by atoms with E-state index in [4.69, 9.17) is 4.74 Å². The van der Waals surface area contributed by atoms with Crippen molar-refractivity contribution >= 4 is 22.1 Å². The molecule has 1 unspecified atom stereocenters. The minimum atomic E-state index is -5.01. The molecule has 0 bridgehead atoms. The molecule has 30 heavy (non-hydrogen) atoms. The summed E-state index contributed by atoms with van der Waals surface area (Å²) in [4.78, 5) is 23.5. The topological polar surface area (TPSA) is 110 Å². The summed E-state index contributed by atoms with van der Waals surface area (Å²) in [5, 5.41) is -2.09. The van der Waals surface area contributed by atoms with Gasteiger partial charge in [0.1, 0.15) is 10.1 Å². The van der Waals surface area contributed by atoms with Crippen LogP contribution in [0.15, 0.2) is 12.3 Å². The number of rotatable bonds is 18. The molecule has 9 heteroatoms. The molecule has 0 aromatic heterocycles. The van der Waals surface area contributed by atoms with Crippen molar-refractivity contribution in [3.63, 3.8) is 0 Å². The Hall–Kier alpha value is -0.410. The number of carbonyl (C=O) groups excluding carboxylic acids is 2. The normalized spacial score (nSPS) is 12.4. The first-order chi connectivity index (χ1) is 13.8. The van der Waals surface area contributed by atoms with E-state index in [1.54, 1.807) is 6.92 Å². The van der Waals surface area contributed by atoms with Gasteiger partial charge in [0.15, 0.2) is 5.25 Å². The van der Waals surface area contributed by atoms with Crippen molar-refractivity contribution in [2.24, 2.45) is 0 Å². The van der Waals surface area contributed by atoms with E-state index in [9.17, 15) is 22.6 Å². The average Bonchev–Trinajstić information content (AvgIpc) is 2.66. The number of ether oxygens (including phenoxy) is 2. The van der Waals surface area contributed by atoms with Crippen LogP contribution in [0.3, 0.4) is 0 Å². The zero-order chi connectivity index (χ0) is 22.0. The molecule has 170 valence electrons. The Labute approximate surface area is 204 Å². The molecule has 0 saturated heterocycles. The summed E-state index contributed by atoms with van der Waals surface area (Å²) in [6.45, 7) is 4.14. The van der Waals surface area contributed by atoms with Gasteiger partial charge in [-0.05, 0) is 18.9 Å². The molecule has 0 aromatic carbocycles. The van der Waals surface area contributed by atoms with Gasteiger partial charge >= 0.3 is 41.5 Å². The van der Waals surface area contributed by atoms with Crippen LogP contribution >= 0.6 is 0 Å². The molecule has 7 nitrogen and oxygen atoms in total. The second-order valence-corrected chi connectivity index (χ2v) is 8.71. The molecule has 0 saturated carbocycles. The second-order valence-electron chi connectivity index (χ2n) is 7.16. The van der Waals surface area contributed by atoms with Gasteiger partial charge in [-0.2, -0.15) is 0 Å². The van der Waals surface area contributed by atoms with E-state index >= 15 is 0 Å². The van der Waals surface area contributed by atoms with Crippen LogP contribution in [0.5, 0.6) is 0 Å². The number of hydrogen-bond acceptors (Lipinski definition) is 7. The summed E-state index contributed by atoms with van der Waals surface area (Å²) in [5.41, 5.74) is 0. The molecule has 0 heterocycles. The second kappa shape index (κ2) is 20.5. The van der Waals surface area contributed by atoms with Crippen molar-refractivity contribution in [2.45, 2.75) is 103 Å². The molecule has 0 aliphatic rings. The third-order valence-electron chi connectivity index (χ3n) is 4.49. The molecule has 0 aromatic rings. The van der Waals surface area contributed by atoms with Crippen LogP contribution in [0.4, 0.5) is 0 Å². The quantitative estimate of drug-likeness (QED) is 0.101. The number of allylic oxidation sites excluding steroid dienone is 1. The van der Waals surface area contributed by atoms with Crippen molar-refractivity contribution in [3.8, 4) is 0 Å². The third-order valence-corrected chi connectivity index (χ3v) is 5.55. The number of unbranched alkanes of at least 4 members (excludes halogenated alkanes) is 10. The summed E-state index contributed by atoms with van der Waals surface area (Å²) >= 11 is 0. The maximum atomic E-state index is 11.8. The molecule has 0 spiro atoms. The standard InChI is InChI=1S/C21H38O7S.Na/c1-3-5-7-8-9-10-11-12-13-14-15-17-27-20(22)18-19(29(24,25)26)21(23)28-16-6-4-2;/h6,16,19H,3-5,7-15,17-18H2,1-2H3,(H,24,25,26);/q;+1/p-1/b16-6+;. The fourth-order valence-corrected chi connectivity index (χ4v) is 3.38. The predicted octanol–water partition coefficient (Wildman–Crippen LogP) is 1.62. The van der Waals surface area contributed by atoms with Gasteiger partial charge in [-0.1, -0.05) is 78.1 Å². The maximum absolute atomic E-state index is 11.8. The van der Waals surface area contributed by atoms with E-state index < -0.39 is 33.7 Å². The van der Waals surface area contributed by atoms with Gasteiger partial charge in [-0.3, -0.25) is 9.59 Å². The minimum Gasteiger partial charge on any atom is -0.747 e. The van der Waals surface area contributed by atoms with Gasteiger partial charge in [0.25, 0.3) is 0 Å². The summed E-state index contributed by atoms with van der Waals surface area (Å²) < 4.78 is 43.2. The van der Waals surface area contributed by atoms with Gasteiger partial charge in [-0.15, -0.1) is 0 Å². The Kier molecular flexibility index (Phi) is 21.7. The zero-order valence-corrected chi connectivity index (χ0v) is 21.7. The molecule has 0 radical (unpaired) electrons. The van der Waals surface area contributed by atoms with E-state index in [1.807, 2.05) is 0 Å². The first kappa shape index (κ1) is 31.8. The van der Waals surface area contributed by atoms with E-state index in [0.29, 0.717) is 12.8 Å². The van der Waals surface area contributed by atoms with Gasteiger partial charge in [-0.25, -0.2) is 8.42 Å². The van der Waals surface area contributed by atoms with Crippen molar-refractivity contribution in [1.29, 1.82) is 0 Å². The van der Waals surface area contributed by atoms with E-state index in [1.165, 1.54) is 51.0 Å². The molecule has 1 atom stereocenters. The molecule has 0 rings (SSSR count). The molecule has 0 aliphatic carbocycles. The van der Waals surface area contributed by atoms with Crippen LogP contribution in [-0.2, 0) is 29.2 Å². The molecule has 0 fully saturated rings. The van der Waals surface area contributed by atoms with Crippen LogP contribution < -0.4 is 29.6 Å². The Morgan fingerprint density at radius 1 is 0.900 bits per heavy atom. The van der Waals surface area contributed by atoms with Crippen LogP contribution in [0.25, 0.3) is 0 Å². The van der Waals surface area contributed by atoms with Crippen molar-refractivity contribution in [3.05, 3.63) is 12.3 Å². The Bertz CT molecular complexity index is 576. The molecule has 0 N–H and O–H groups in total. The fourth-order valence-electron chi connectivity index (χ4n) is 2.75. The van der Waals surface area contributed by atoms with Crippen molar-refractivity contribution in [1.82, 2.24) is 0 Å². The summed E-state index contributed by atoms with van der Waals surface area (Å²) in [5.74, 6) is -2.16. The Morgan fingerprint density at radius 3 is 1.87 bits per heavy atom. The van der Waals surface area contributed by atoms with E-state index in [-0.39, 0.29) is 36.2 Å². The molecular formula is C21H37NaO7S. The average molecular weight is 457 g/mol. The monoisotopic (exact) mass is 456 g/mol. The third kappa shape index (κ3) is 18.4. The fraction of sp³-hybridized carbons (Fsp3) is 0.810. The van der Waals surface area contributed by atoms with Crippen LogP contribution in [0, 0.1) is 0 Å². The summed E-state index contributed by atoms with van der Waals surface area (Å²) in [6, 6.07) is 0. The van der Waals surface area contributed by atoms with Crippen LogP contribution in [0.1, 0.15) is 97.3 Å². The maximum Gasteiger partial charge on any atom is 1.00 e. The zero-order valence-electron chi connectivity index (χ0n) is 18.9. The number of carbonyl (C=O) groups is 2. The first-order valence-corrected chi connectivity index (χ1v) is 12.3. The summed E-state index contributed by atoms with van der Waals surface area (Å²) in [7, 11) is -5.01. The van der Waals surface area contributed by atoms with Gasteiger partial charge in [0, 0.05) is 0 Å².